The van der Waals surface area contributed by atoms with Crippen molar-refractivity contribution in [3.63, 3.8) is 0 Å². The molecule has 3 nitrogen and oxygen atoms in total. The lowest BCUT2D eigenvalue weighted by atomic mass is 10.1. The highest BCUT2D eigenvalue weighted by Gasteiger charge is 2.08. The molecule has 0 fully saturated rings. The van der Waals surface area contributed by atoms with Crippen molar-refractivity contribution < 1.29 is 0 Å². The van der Waals surface area contributed by atoms with Crippen LogP contribution in [0.1, 0.15) is 90.9 Å². The number of rotatable bonds is 16. The second-order valence-corrected chi connectivity index (χ2v) is 8.00. The van der Waals surface area contributed by atoms with Gasteiger partial charge in [0.05, 0.1) is 24.0 Å². The first-order valence-corrected chi connectivity index (χ1v) is 11.5. The lowest BCUT2D eigenvalue weighted by molar-refractivity contribution is 0.211. The summed E-state index contributed by atoms with van der Waals surface area (Å²) >= 11 is 0. The molecule has 0 unspecified atom stereocenters. The Bertz CT molecular complexity index is 588. The topological polar surface area (TPSA) is 21.1 Å². The Labute approximate surface area is 167 Å². The Morgan fingerprint density at radius 1 is 0.741 bits per heavy atom. The summed E-state index contributed by atoms with van der Waals surface area (Å²) in [5.74, 6) is 0. The van der Waals surface area contributed by atoms with Gasteiger partial charge in [-0.15, -0.1) is 0 Å². The molecule has 27 heavy (non-hydrogen) atoms. The molecule has 0 atom stereocenters. The van der Waals surface area contributed by atoms with Gasteiger partial charge in [0.25, 0.3) is 0 Å². The maximum Gasteiger partial charge on any atom is 0.0969 e. The number of hydrogen-bond donors (Lipinski definition) is 0. The minimum atomic E-state index is 0.977. The molecule has 1 aromatic carbocycles. The first-order chi connectivity index (χ1) is 13.3. The van der Waals surface area contributed by atoms with Crippen LogP contribution in [0, 0.1) is 0 Å². The van der Waals surface area contributed by atoms with Crippen LogP contribution in [-0.2, 0) is 6.67 Å². The van der Waals surface area contributed by atoms with Crippen LogP contribution in [0.5, 0.6) is 0 Å². The summed E-state index contributed by atoms with van der Waals surface area (Å²) in [6.45, 7) is 7.99. The zero-order valence-corrected chi connectivity index (χ0v) is 17.8. The van der Waals surface area contributed by atoms with Crippen molar-refractivity contribution in [2.75, 3.05) is 13.1 Å². The lowest BCUT2D eigenvalue weighted by Crippen LogP contribution is -2.28. The van der Waals surface area contributed by atoms with Gasteiger partial charge in [0.2, 0.25) is 0 Å². The fourth-order valence-corrected chi connectivity index (χ4v) is 3.82. The number of nitrogens with zero attached hydrogens (tertiary/aromatic N) is 3. The van der Waals surface area contributed by atoms with Gasteiger partial charge in [-0.2, -0.15) is 0 Å². The Morgan fingerprint density at radius 2 is 1.30 bits per heavy atom. The third kappa shape index (κ3) is 8.47. The van der Waals surface area contributed by atoms with E-state index < -0.39 is 0 Å². The number of fused-ring (bicyclic) bond motifs is 1. The molecule has 0 spiro atoms. The molecule has 2 aromatic rings. The van der Waals surface area contributed by atoms with Crippen LogP contribution >= 0.6 is 0 Å². The number of hydrogen-bond acceptors (Lipinski definition) is 2. The molecule has 0 bridgehead atoms. The van der Waals surface area contributed by atoms with E-state index in [1.807, 2.05) is 6.33 Å². The number of benzene rings is 1. The van der Waals surface area contributed by atoms with Crippen LogP contribution in [0.15, 0.2) is 30.6 Å². The molecular formula is C24H41N3. The third-order valence-corrected chi connectivity index (χ3v) is 5.54. The van der Waals surface area contributed by atoms with E-state index in [2.05, 4.69) is 52.6 Å². The molecule has 0 aliphatic rings. The summed E-state index contributed by atoms with van der Waals surface area (Å²) < 4.78 is 2.32. The van der Waals surface area contributed by atoms with E-state index in [1.165, 1.54) is 95.7 Å². The molecule has 152 valence electrons. The van der Waals surface area contributed by atoms with Crippen molar-refractivity contribution in [1.82, 2.24) is 14.5 Å². The molecule has 1 heterocycles. The first-order valence-electron chi connectivity index (χ1n) is 11.5. The van der Waals surface area contributed by atoms with Gasteiger partial charge >= 0.3 is 0 Å². The predicted molar refractivity (Wildman–Crippen MR) is 118 cm³/mol. The Balaban J connectivity index is 1.80. The number of unbranched alkanes of at least 4 members (excludes halogenated alkanes) is 10. The van der Waals surface area contributed by atoms with Crippen molar-refractivity contribution >= 4 is 11.0 Å². The summed E-state index contributed by atoms with van der Waals surface area (Å²) in [5.41, 5.74) is 2.37. The minimum Gasteiger partial charge on any atom is -0.317 e. The van der Waals surface area contributed by atoms with Gasteiger partial charge in [-0.1, -0.05) is 90.2 Å². The fourth-order valence-electron chi connectivity index (χ4n) is 3.82. The highest BCUT2D eigenvalue weighted by atomic mass is 15.3. The van der Waals surface area contributed by atoms with Gasteiger partial charge < -0.3 is 4.57 Å². The number of aromatic nitrogens is 2. The summed E-state index contributed by atoms with van der Waals surface area (Å²) in [6, 6.07) is 8.49. The van der Waals surface area contributed by atoms with Crippen LogP contribution in [-0.4, -0.2) is 27.5 Å². The lowest BCUT2D eigenvalue weighted by Gasteiger charge is -2.23. The standard InChI is InChI=1S/C24H41N3/c1-3-5-7-9-11-15-19-26(20-16-12-10-8-6-4-2)22-27-21-25-23-17-13-14-18-24(23)27/h13-14,17-18,21H,3-12,15-16,19-20,22H2,1-2H3. The van der Waals surface area contributed by atoms with E-state index in [1.54, 1.807) is 0 Å². The second kappa shape index (κ2) is 13.8. The molecule has 0 saturated carbocycles. The van der Waals surface area contributed by atoms with Crippen molar-refractivity contribution in [1.29, 1.82) is 0 Å². The normalized spacial score (nSPS) is 11.7. The van der Waals surface area contributed by atoms with Gasteiger partial charge in [0.15, 0.2) is 0 Å². The van der Waals surface area contributed by atoms with Gasteiger partial charge in [-0.25, -0.2) is 4.98 Å². The molecule has 1 aromatic heterocycles. The van der Waals surface area contributed by atoms with Gasteiger partial charge in [0, 0.05) is 0 Å². The smallest absolute Gasteiger partial charge is 0.0969 e. The van der Waals surface area contributed by atoms with Gasteiger partial charge in [-0.05, 0) is 38.1 Å². The summed E-state index contributed by atoms with van der Waals surface area (Å²) in [4.78, 5) is 7.21. The van der Waals surface area contributed by atoms with Crippen molar-refractivity contribution in [2.24, 2.45) is 0 Å². The van der Waals surface area contributed by atoms with Crippen LogP contribution in [0.3, 0.4) is 0 Å². The number of para-hydroxylation sites is 2. The third-order valence-electron chi connectivity index (χ3n) is 5.54. The molecule has 0 saturated heterocycles. The molecule has 0 amide bonds. The van der Waals surface area contributed by atoms with Crippen LogP contribution in [0.2, 0.25) is 0 Å². The molecule has 2 rings (SSSR count). The van der Waals surface area contributed by atoms with E-state index in [-0.39, 0.29) is 0 Å². The average molecular weight is 372 g/mol. The largest absolute Gasteiger partial charge is 0.317 e. The molecule has 0 aliphatic heterocycles. The van der Waals surface area contributed by atoms with Crippen molar-refractivity contribution in [3.05, 3.63) is 30.6 Å². The van der Waals surface area contributed by atoms with Crippen molar-refractivity contribution in [2.45, 2.75) is 97.6 Å². The Hall–Kier alpha value is -1.35. The van der Waals surface area contributed by atoms with Crippen LogP contribution in [0.4, 0.5) is 0 Å². The zero-order chi connectivity index (χ0) is 19.2. The molecule has 0 N–H and O–H groups in total. The Morgan fingerprint density at radius 3 is 1.93 bits per heavy atom. The number of imidazole rings is 1. The quantitative estimate of drug-likeness (QED) is 0.296. The summed E-state index contributed by atoms with van der Waals surface area (Å²) in [5, 5.41) is 0. The second-order valence-electron chi connectivity index (χ2n) is 8.00. The highest BCUT2D eigenvalue weighted by molar-refractivity contribution is 5.74. The summed E-state index contributed by atoms with van der Waals surface area (Å²) in [6.07, 6.45) is 18.5. The van der Waals surface area contributed by atoms with Gasteiger partial charge in [-0.3, -0.25) is 4.90 Å². The predicted octanol–water partition coefficient (Wildman–Crippen LogP) is 7.02. The fraction of sp³-hybridized carbons (Fsp3) is 0.708. The Kier molecular flexibility index (Phi) is 11.2. The monoisotopic (exact) mass is 371 g/mol. The molecule has 0 radical (unpaired) electrons. The van der Waals surface area contributed by atoms with E-state index in [4.69, 9.17) is 0 Å². The van der Waals surface area contributed by atoms with E-state index in [0.717, 1.165) is 12.2 Å². The maximum absolute atomic E-state index is 4.57. The van der Waals surface area contributed by atoms with E-state index in [0.29, 0.717) is 0 Å². The zero-order valence-electron chi connectivity index (χ0n) is 17.8. The SMILES string of the molecule is CCCCCCCCN(CCCCCCCC)Cn1cnc2ccccc21. The first kappa shape index (κ1) is 21.9. The van der Waals surface area contributed by atoms with E-state index in [9.17, 15) is 0 Å². The van der Waals surface area contributed by atoms with Crippen LogP contribution in [0.25, 0.3) is 11.0 Å². The van der Waals surface area contributed by atoms with Gasteiger partial charge in [0.1, 0.15) is 0 Å². The summed E-state index contributed by atoms with van der Waals surface area (Å²) in [7, 11) is 0. The maximum atomic E-state index is 4.57. The van der Waals surface area contributed by atoms with E-state index >= 15 is 0 Å². The van der Waals surface area contributed by atoms with Crippen molar-refractivity contribution in [3.8, 4) is 0 Å². The highest BCUT2D eigenvalue weighted by Crippen LogP contribution is 2.14. The molecular weight excluding hydrogens is 330 g/mol. The molecule has 3 heteroatoms. The molecule has 0 aliphatic carbocycles. The van der Waals surface area contributed by atoms with Crippen LogP contribution < -0.4 is 0 Å². The minimum absolute atomic E-state index is 0.977. The average Bonchev–Trinajstić information content (AvgIpc) is 3.10.